The van der Waals surface area contributed by atoms with Crippen LogP contribution in [0, 0.1) is 6.92 Å². The third-order valence-electron chi connectivity index (χ3n) is 3.71. The molecule has 3 heteroatoms. The standard InChI is InChI=1S/C17H25N3/c1-5-16-15(10-11-18-4)17(6-2)20(19-16)14-9-7-8-13(3)12-14/h7-9,12,18H,5-6,10-11H2,1-4H3. The van der Waals surface area contributed by atoms with E-state index < -0.39 is 0 Å². The maximum Gasteiger partial charge on any atom is 0.0661 e. The highest BCUT2D eigenvalue weighted by atomic mass is 15.3. The Balaban J connectivity index is 2.50. The van der Waals surface area contributed by atoms with E-state index in [1.165, 1.54) is 28.2 Å². The van der Waals surface area contributed by atoms with Gasteiger partial charge in [0.2, 0.25) is 0 Å². The maximum absolute atomic E-state index is 4.85. The van der Waals surface area contributed by atoms with E-state index in [0.29, 0.717) is 0 Å². The van der Waals surface area contributed by atoms with E-state index in [1.54, 1.807) is 0 Å². The predicted octanol–water partition coefficient (Wildman–Crippen LogP) is 3.07. The predicted molar refractivity (Wildman–Crippen MR) is 84.7 cm³/mol. The first-order chi connectivity index (χ1) is 9.71. The van der Waals surface area contributed by atoms with Crippen molar-refractivity contribution in [1.29, 1.82) is 0 Å². The fourth-order valence-electron chi connectivity index (χ4n) is 2.69. The summed E-state index contributed by atoms with van der Waals surface area (Å²) in [6, 6.07) is 8.57. The molecule has 1 aromatic heterocycles. The van der Waals surface area contributed by atoms with Gasteiger partial charge in [0.05, 0.1) is 11.4 Å². The molecule has 0 aliphatic rings. The van der Waals surface area contributed by atoms with Crippen molar-refractivity contribution in [2.24, 2.45) is 0 Å². The van der Waals surface area contributed by atoms with Crippen LogP contribution in [0.5, 0.6) is 0 Å². The van der Waals surface area contributed by atoms with Crippen molar-refractivity contribution >= 4 is 0 Å². The lowest BCUT2D eigenvalue weighted by atomic mass is 10.1. The van der Waals surface area contributed by atoms with E-state index in [4.69, 9.17) is 5.10 Å². The number of aryl methyl sites for hydroxylation is 2. The summed E-state index contributed by atoms with van der Waals surface area (Å²) in [6.45, 7) is 7.53. The summed E-state index contributed by atoms with van der Waals surface area (Å²) < 4.78 is 2.14. The molecule has 1 heterocycles. The molecule has 108 valence electrons. The maximum atomic E-state index is 4.85. The molecule has 0 aliphatic heterocycles. The number of hydrogen-bond donors (Lipinski definition) is 1. The van der Waals surface area contributed by atoms with Crippen molar-refractivity contribution in [1.82, 2.24) is 15.1 Å². The lowest BCUT2D eigenvalue weighted by Gasteiger charge is -2.08. The van der Waals surface area contributed by atoms with Gasteiger partial charge in [-0.25, -0.2) is 4.68 Å². The molecule has 3 nitrogen and oxygen atoms in total. The molecule has 0 amide bonds. The second-order valence-corrected chi connectivity index (χ2v) is 5.18. The van der Waals surface area contributed by atoms with Crippen molar-refractivity contribution in [3.63, 3.8) is 0 Å². The summed E-state index contributed by atoms with van der Waals surface area (Å²) in [5.41, 5.74) is 6.45. The second kappa shape index (κ2) is 6.71. The van der Waals surface area contributed by atoms with E-state index >= 15 is 0 Å². The minimum atomic E-state index is 0.991. The molecule has 0 spiro atoms. The summed E-state index contributed by atoms with van der Waals surface area (Å²) in [6.07, 6.45) is 3.06. The van der Waals surface area contributed by atoms with Gasteiger partial charge in [0.1, 0.15) is 0 Å². The van der Waals surface area contributed by atoms with E-state index in [1.807, 2.05) is 7.05 Å². The first-order valence-corrected chi connectivity index (χ1v) is 7.52. The van der Waals surface area contributed by atoms with Crippen LogP contribution in [0.3, 0.4) is 0 Å². The van der Waals surface area contributed by atoms with Gasteiger partial charge in [-0.05, 0) is 63.0 Å². The summed E-state index contributed by atoms with van der Waals surface area (Å²) in [5.74, 6) is 0. The largest absolute Gasteiger partial charge is 0.319 e. The van der Waals surface area contributed by atoms with Crippen LogP contribution in [0.2, 0.25) is 0 Å². The molecule has 0 unspecified atom stereocenters. The van der Waals surface area contributed by atoms with E-state index in [9.17, 15) is 0 Å². The highest BCUT2D eigenvalue weighted by molar-refractivity contribution is 5.40. The highest BCUT2D eigenvalue weighted by Crippen LogP contribution is 2.21. The quantitative estimate of drug-likeness (QED) is 0.875. The zero-order chi connectivity index (χ0) is 14.5. The van der Waals surface area contributed by atoms with E-state index in [-0.39, 0.29) is 0 Å². The molecule has 0 atom stereocenters. The molecular formula is C17H25N3. The van der Waals surface area contributed by atoms with Crippen molar-refractivity contribution in [3.8, 4) is 5.69 Å². The molecule has 0 fully saturated rings. The smallest absolute Gasteiger partial charge is 0.0661 e. The van der Waals surface area contributed by atoms with Crippen LogP contribution in [0.4, 0.5) is 0 Å². The Kier molecular flexibility index (Phi) is 4.96. The zero-order valence-electron chi connectivity index (χ0n) is 13.0. The summed E-state index contributed by atoms with van der Waals surface area (Å²) in [4.78, 5) is 0. The molecule has 1 N–H and O–H groups in total. The second-order valence-electron chi connectivity index (χ2n) is 5.18. The molecule has 0 saturated carbocycles. The van der Waals surface area contributed by atoms with Gasteiger partial charge in [-0.2, -0.15) is 5.10 Å². The monoisotopic (exact) mass is 271 g/mol. The van der Waals surface area contributed by atoms with Gasteiger partial charge < -0.3 is 5.32 Å². The van der Waals surface area contributed by atoms with Gasteiger partial charge >= 0.3 is 0 Å². The van der Waals surface area contributed by atoms with Crippen LogP contribution in [-0.2, 0) is 19.3 Å². The average molecular weight is 271 g/mol. The summed E-state index contributed by atoms with van der Waals surface area (Å²) in [7, 11) is 2.00. The number of nitrogens with one attached hydrogen (secondary N) is 1. The number of hydrogen-bond acceptors (Lipinski definition) is 2. The molecule has 2 rings (SSSR count). The molecule has 0 bridgehead atoms. The van der Waals surface area contributed by atoms with Crippen LogP contribution < -0.4 is 5.32 Å². The third kappa shape index (κ3) is 2.93. The minimum absolute atomic E-state index is 0.991. The van der Waals surface area contributed by atoms with Crippen LogP contribution >= 0.6 is 0 Å². The van der Waals surface area contributed by atoms with Crippen molar-refractivity contribution < 1.29 is 0 Å². The molecular weight excluding hydrogens is 246 g/mol. The Morgan fingerprint density at radius 3 is 2.60 bits per heavy atom. The van der Waals surface area contributed by atoms with Gasteiger partial charge in [0.25, 0.3) is 0 Å². The Hall–Kier alpha value is -1.61. The normalized spacial score (nSPS) is 11.0. The molecule has 0 saturated heterocycles. The molecule has 0 radical (unpaired) electrons. The lowest BCUT2D eigenvalue weighted by molar-refractivity contribution is 0.772. The first-order valence-electron chi connectivity index (χ1n) is 7.52. The number of benzene rings is 1. The fraction of sp³-hybridized carbons (Fsp3) is 0.471. The third-order valence-corrected chi connectivity index (χ3v) is 3.71. The van der Waals surface area contributed by atoms with Gasteiger partial charge in [0.15, 0.2) is 0 Å². The van der Waals surface area contributed by atoms with Crippen molar-refractivity contribution in [2.45, 2.75) is 40.0 Å². The highest BCUT2D eigenvalue weighted by Gasteiger charge is 2.16. The lowest BCUT2D eigenvalue weighted by Crippen LogP contribution is -2.12. The van der Waals surface area contributed by atoms with Gasteiger partial charge in [0, 0.05) is 5.69 Å². The Bertz CT molecular complexity index is 570. The molecule has 20 heavy (non-hydrogen) atoms. The first kappa shape index (κ1) is 14.8. The van der Waals surface area contributed by atoms with Crippen LogP contribution in [0.1, 0.15) is 36.4 Å². The van der Waals surface area contributed by atoms with Crippen LogP contribution in [0.25, 0.3) is 5.69 Å². The Morgan fingerprint density at radius 2 is 2.00 bits per heavy atom. The summed E-state index contributed by atoms with van der Waals surface area (Å²) >= 11 is 0. The zero-order valence-corrected chi connectivity index (χ0v) is 13.0. The minimum Gasteiger partial charge on any atom is -0.319 e. The van der Waals surface area contributed by atoms with Gasteiger partial charge in [-0.15, -0.1) is 0 Å². The average Bonchev–Trinajstić information content (AvgIpc) is 2.82. The number of rotatable bonds is 6. The van der Waals surface area contributed by atoms with Crippen LogP contribution in [0.15, 0.2) is 24.3 Å². The summed E-state index contributed by atoms with van der Waals surface area (Å²) in [5, 5.41) is 8.09. The fourth-order valence-corrected chi connectivity index (χ4v) is 2.69. The topological polar surface area (TPSA) is 29.9 Å². The number of nitrogens with zero attached hydrogens (tertiary/aromatic N) is 2. The van der Waals surface area contributed by atoms with Gasteiger partial charge in [-0.1, -0.05) is 26.0 Å². The molecule has 2 aromatic rings. The molecule has 0 aliphatic carbocycles. The number of likely N-dealkylation sites (N-methyl/N-ethyl adjacent to an activating group) is 1. The SMILES string of the molecule is CCc1nn(-c2cccc(C)c2)c(CC)c1CCNC. The molecule has 1 aromatic carbocycles. The van der Waals surface area contributed by atoms with E-state index in [0.717, 1.165) is 25.8 Å². The van der Waals surface area contributed by atoms with Gasteiger partial charge in [-0.3, -0.25) is 0 Å². The Labute approximate surface area is 122 Å². The van der Waals surface area contributed by atoms with Crippen LogP contribution in [-0.4, -0.2) is 23.4 Å². The van der Waals surface area contributed by atoms with Crippen molar-refractivity contribution in [3.05, 3.63) is 46.8 Å². The number of aromatic nitrogens is 2. The van der Waals surface area contributed by atoms with E-state index in [2.05, 4.69) is 55.0 Å². The van der Waals surface area contributed by atoms with Crippen molar-refractivity contribution in [2.75, 3.05) is 13.6 Å². The Morgan fingerprint density at radius 1 is 1.20 bits per heavy atom.